The minimum Gasteiger partial charge on any atom is -0.468 e. The van der Waals surface area contributed by atoms with Gasteiger partial charge >= 0.3 is 5.97 Å². The summed E-state index contributed by atoms with van der Waals surface area (Å²) in [4.78, 5) is 16.4. The summed E-state index contributed by atoms with van der Waals surface area (Å²) < 4.78 is 4.83. The van der Waals surface area contributed by atoms with Crippen molar-refractivity contribution < 1.29 is 9.53 Å². The van der Waals surface area contributed by atoms with Gasteiger partial charge in [-0.2, -0.15) is 0 Å². The van der Waals surface area contributed by atoms with Gasteiger partial charge in [0.2, 0.25) is 0 Å². The smallest absolute Gasteiger partial charge is 0.318 e. The molecule has 3 atom stereocenters. The first kappa shape index (κ1) is 13.6. The van der Waals surface area contributed by atoms with Crippen LogP contribution in [0.1, 0.15) is 39.0 Å². The van der Waals surface area contributed by atoms with Crippen molar-refractivity contribution in [3.05, 3.63) is 12.2 Å². The molecule has 0 aromatic heterocycles. The van der Waals surface area contributed by atoms with Crippen LogP contribution in [0.5, 0.6) is 0 Å². The van der Waals surface area contributed by atoms with Crippen LogP contribution in [-0.2, 0) is 9.53 Å². The highest BCUT2D eigenvalue weighted by atomic mass is 35.5. The summed E-state index contributed by atoms with van der Waals surface area (Å²) >= 11 is 6.24. The van der Waals surface area contributed by atoms with Gasteiger partial charge in [0.25, 0.3) is 0 Å². The molecule has 0 saturated carbocycles. The lowest BCUT2D eigenvalue weighted by Crippen LogP contribution is -2.40. The standard InChI is InChI=1S/C14H20ClNO2/c1-14(13(17)18-2)9-8-11(16-12(14)15)10-6-4-3-5-7-10/h3-4,10-11H,5-9H2,1-2H3/t10-,11?,14+/m1/s1. The van der Waals surface area contributed by atoms with E-state index in [4.69, 9.17) is 16.3 Å². The van der Waals surface area contributed by atoms with Gasteiger partial charge in [0.05, 0.1) is 13.2 Å². The van der Waals surface area contributed by atoms with Crippen LogP contribution in [0.3, 0.4) is 0 Å². The molecule has 0 aromatic carbocycles. The molecule has 100 valence electrons. The van der Waals surface area contributed by atoms with Crippen LogP contribution >= 0.6 is 11.6 Å². The predicted octanol–water partition coefficient (Wildman–Crippen LogP) is 3.32. The fraction of sp³-hybridized carbons (Fsp3) is 0.714. The minimum absolute atomic E-state index is 0.264. The second-order valence-electron chi connectivity index (χ2n) is 5.39. The van der Waals surface area contributed by atoms with Gasteiger partial charge in [0.15, 0.2) is 0 Å². The van der Waals surface area contributed by atoms with Crippen LogP contribution in [0.15, 0.2) is 17.1 Å². The number of carbonyl (C=O) groups excluding carboxylic acids is 1. The lowest BCUT2D eigenvalue weighted by atomic mass is 9.77. The highest BCUT2D eigenvalue weighted by molar-refractivity contribution is 6.68. The third kappa shape index (κ3) is 2.46. The number of carbonyl (C=O) groups is 1. The number of esters is 1. The van der Waals surface area contributed by atoms with Crippen LogP contribution in [0.4, 0.5) is 0 Å². The van der Waals surface area contributed by atoms with E-state index in [0.717, 1.165) is 25.7 Å². The van der Waals surface area contributed by atoms with Gasteiger partial charge in [-0.15, -0.1) is 0 Å². The van der Waals surface area contributed by atoms with Crippen molar-refractivity contribution in [2.75, 3.05) is 7.11 Å². The zero-order valence-corrected chi connectivity index (χ0v) is 11.7. The Balaban J connectivity index is 2.12. The number of methoxy groups -OCH3 is 1. The Hall–Kier alpha value is -0.830. The van der Waals surface area contributed by atoms with Gasteiger partial charge in [-0.1, -0.05) is 23.8 Å². The first-order valence-corrected chi connectivity index (χ1v) is 6.93. The van der Waals surface area contributed by atoms with E-state index in [1.165, 1.54) is 13.5 Å². The summed E-state index contributed by atoms with van der Waals surface area (Å²) in [5.74, 6) is 0.296. The van der Waals surface area contributed by atoms with Crippen molar-refractivity contribution in [1.82, 2.24) is 0 Å². The first-order valence-electron chi connectivity index (χ1n) is 6.55. The van der Waals surface area contributed by atoms with E-state index in [1.54, 1.807) is 0 Å². The molecule has 0 bridgehead atoms. The molecule has 0 aromatic rings. The van der Waals surface area contributed by atoms with Gasteiger partial charge in [-0.25, -0.2) is 0 Å². The number of halogens is 1. The van der Waals surface area contributed by atoms with Crippen LogP contribution in [0.25, 0.3) is 0 Å². The van der Waals surface area contributed by atoms with E-state index in [2.05, 4.69) is 17.1 Å². The van der Waals surface area contributed by atoms with E-state index in [9.17, 15) is 4.79 Å². The van der Waals surface area contributed by atoms with Crippen LogP contribution in [-0.4, -0.2) is 24.3 Å². The average Bonchev–Trinajstić information content (AvgIpc) is 2.42. The van der Waals surface area contributed by atoms with Crippen molar-refractivity contribution in [1.29, 1.82) is 0 Å². The molecule has 0 radical (unpaired) electrons. The number of hydrogen-bond donors (Lipinski definition) is 0. The normalized spacial score (nSPS) is 36.1. The molecule has 1 heterocycles. The molecule has 2 rings (SSSR count). The average molecular weight is 270 g/mol. The van der Waals surface area contributed by atoms with Gasteiger partial charge in [-0.3, -0.25) is 9.79 Å². The van der Waals surface area contributed by atoms with Gasteiger partial charge in [0.1, 0.15) is 10.6 Å². The van der Waals surface area contributed by atoms with Crippen molar-refractivity contribution >= 4 is 22.7 Å². The van der Waals surface area contributed by atoms with Crippen molar-refractivity contribution in [2.45, 2.75) is 45.1 Å². The second-order valence-corrected chi connectivity index (χ2v) is 5.75. The van der Waals surface area contributed by atoms with E-state index in [1.807, 2.05) is 6.92 Å². The maximum atomic E-state index is 11.8. The van der Waals surface area contributed by atoms with E-state index in [-0.39, 0.29) is 12.0 Å². The molecule has 3 nitrogen and oxygen atoms in total. The SMILES string of the molecule is COC(=O)[C@@]1(C)CCC([C@@H]2CC=CCC2)N=C1Cl. The Morgan fingerprint density at radius 1 is 1.50 bits per heavy atom. The first-order chi connectivity index (χ1) is 8.58. The Bertz CT molecular complexity index is 391. The fourth-order valence-corrected chi connectivity index (χ4v) is 3.11. The van der Waals surface area contributed by atoms with Crippen molar-refractivity contribution in [3.63, 3.8) is 0 Å². The number of allylic oxidation sites excluding steroid dienone is 2. The van der Waals surface area contributed by atoms with E-state index in [0.29, 0.717) is 11.1 Å². The molecule has 1 aliphatic carbocycles. The largest absolute Gasteiger partial charge is 0.468 e. The second kappa shape index (κ2) is 5.43. The Labute approximate surface area is 113 Å². The highest BCUT2D eigenvalue weighted by Crippen LogP contribution is 2.38. The Morgan fingerprint density at radius 2 is 2.28 bits per heavy atom. The highest BCUT2D eigenvalue weighted by Gasteiger charge is 2.43. The molecule has 2 aliphatic rings. The van der Waals surface area contributed by atoms with Gasteiger partial charge in [-0.05, 0) is 44.9 Å². The van der Waals surface area contributed by atoms with Gasteiger partial charge < -0.3 is 4.74 Å². The molecule has 4 heteroatoms. The van der Waals surface area contributed by atoms with Crippen molar-refractivity contribution in [3.8, 4) is 0 Å². The number of nitrogens with zero attached hydrogens (tertiary/aromatic N) is 1. The summed E-state index contributed by atoms with van der Waals surface area (Å²) in [7, 11) is 1.40. The molecular weight excluding hydrogens is 250 g/mol. The molecule has 0 amide bonds. The fourth-order valence-electron chi connectivity index (χ4n) is 2.81. The molecule has 0 N–H and O–H groups in total. The number of hydrogen-bond acceptors (Lipinski definition) is 3. The van der Waals surface area contributed by atoms with E-state index >= 15 is 0 Å². The minimum atomic E-state index is -0.739. The number of ether oxygens (including phenoxy) is 1. The van der Waals surface area contributed by atoms with Crippen LogP contribution < -0.4 is 0 Å². The predicted molar refractivity (Wildman–Crippen MR) is 72.9 cm³/mol. The number of aliphatic imine (C=N–C) groups is 1. The molecule has 1 unspecified atom stereocenters. The molecule has 0 saturated heterocycles. The van der Waals surface area contributed by atoms with Crippen LogP contribution in [0, 0.1) is 11.3 Å². The zero-order chi connectivity index (χ0) is 13.2. The Kier molecular flexibility index (Phi) is 4.10. The summed E-state index contributed by atoms with van der Waals surface area (Å²) in [5.41, 5.74) is -0.739. The summed E-state index contributed by atoms with van der Waals surface area (Å²) in [6, 6.07) is 0.264. The van der Waals surface area contributed by atoms with Gasteiger partial charge in [0, 0.05) is 0 Å². The maximum Gasteiger partial charge on any atom is 0.318 e. The third-order valence-electron chi connectivity index (χ3n) is 4.16. The monoisotopic (exact) mass is 269 g/mol. The zero-order valence-electron chi connectivity index (χ0n) is 11.0. The quantitative estimate of drug-likeness (QED) is 0.570. The maximum absolute atomic E-state index is 11.8. The Morgan fingerprint density at radius 3 is 2.83 bits per heavy atom. The molecular formula is C14H20ClNO2. The summed E-state index contributed by atoms with van der Waals surface area (Å²) in [6.45, 7) is 1.82. The molecule has 18 heavy (non-hydrogen) atoms. The van der Waals surface area contributed by atoms with Crippen molar-refractivity contribution in [2.24, 2.45) is 16.3 Å². The lowest BCUT2D eigenvalue weighted by Gasteiger charge is -2.35. The lowest BCUT2D eigenvalue weighted by molar-refractivity contribution is -0.148. The number of rotatable bonds is 2. The molecule has 0 fully saturated rings. The molecule has 1 aliphatic heterocycles. The third-order valence-corrected chi connectivity index (χ3v) is 4.68. The van der Waals surface area contributed by atoms with E-state index < -0.39 is 5.41 Å². The summed E-state index contributed by atoms with van der Waals surface area (Å²) in [5, 5.41) is 0.417. The topological polar surface area (TPSA) is 38.7 Å². The molecule has 0 spiro atoms. The van der Waals surface area contributed by atoms with Crippen LogP contribution in [0.2, 0.25) is 0 Å². The summed E-state index contributed by atoms with van der Waals surface area (Å²) in [6.07, 6.45) is 9.47.